The average Bonchev–Trinajstić information content (AvgIpc) is 3.17. The van der Waals surface area contributed by atoms with E-state index in [1.807, 2.05) is 49.1 Å². The van der Waals surface area contributed by atoms with Gasteiger partial charge in [0.1, 0.15) is 0 Å². The van der Waals surface area contributed by atoms with E-state index in [0.717, 1.165) is 37.3 Å². The van der Waals surface area contributed by atoms with Gasteiger partial charge in [0.25, 0.3) is 0 Å². The first-order valence-electron chi connectivity index (χ1n) is 18.6. The van der Waals surface area contributed by atoms with Gasteiger partial charge in [0, 0.05) is 62.3 Å². The van der Waals surface area contributed by atoms with Gasteiger partial charge in [-0.2, -0.15) is 0 Å². The molecule has 2 heterocycles. The molecule has 258 valence electrons. The standard InChI is InChI=1S/C46H54N4/c1-3-5-7-9-34-49(45-22-18-39(19-23-45)14-16-41-26-30-47-31-27-41)37-43-12-11-13-44(36-43)38-50(35-10-8-6-4-2)46-24-20-40(21-25-46)15-17-42-28-32-48-33-29-42/h11-33,36H,3-10,34-35,37-38H2,1-2H3/b16-14+,17-15+. The van der Waals surface area contributed by atoms with Crippen LogP contribution >= 0.6 is 0 Å². The van der Waals surface area contributed by atoms with E-state index in [1.165, 1.54) is 85.0 Å². The number of anilines is 2. The Kier molecular flexibility index (Phi) is 14.9. The lowest BCUT2D eigenvalue weighted by atomic mass is 10.1. The molecule has 4 nitrogen and oxygen atoms in total. The summed E-state index contributed by atoms with van der Waals surface area (Å²) < 4.78 is 0. The van der Waals surface area contributed by atoms with Gasteiger partial charge in [-0.25, -0.2) is 0 Å². The van der Waals surface area contributed by atoms with Crippen LogP contribution in [0.3, 0.4) is 0 Å². The van der Waals surface area contributed by atoms with Crippen molar-refractivity contribution in [2.75, 3.05) is 22.9 Å². The van der Waals surface area contributed by atoms with Crippen molar-refractivity contribution in [3.8, 4) is 0 Å². The Morgan fingerprint density at radius 3 is 1.20 bits per heavy atom. The Morgan fingerprint density at radius 1 is 0.440 bits per heavy atom. The minimum Gasteiger partial charge on any atom is -0.367 e. The molecule has 3 aromatic carbocycles. The molecule has 5 rings (SSSR count). The summed E-state index contributed by atoms with van der Waals surface area (Å²) in [6.45, 7) is 8.49. The maximum atomic E-state index is 4.12. The van der Waals surface area contributed by atoms with Crippen molar-refractivity contribution in [2.45, 2.75) is 78.3 Å². The molecule has 0 amide bonds. The molecule has 0 unspecified atom stereocenters. The number of hydrogen-bond donors (Lipinski definition) is 0. The van der Waals surface area contributed by atoms with Crippen molar-refractivity contribution in [3.63, 3.8) is 0 Å². The van der Waals surface area contributed by atoms with E-state index in [-0.39, 0.29) is 0 Å². The molecule has 0 aliphatic rings. The van der Waals surface area contributed by atoms with E-state index in [0.29, 0.717) is 0 Å². The van der Waals surface area contributed by atoms with Crippen LogP contribution in [-0.4, -0.2) is 23.1 Å². The zero-order valence-corrected chi connectivity index (χ0v) is 30.1. The van der Waals surface area contributed by atoms with Crippen LogP contribution in [0.25, 0.3) is 24.3 Å². The summed E-state index contributed by atoms with van der Waals surface area (Å²) in [5, 5.41) is 0. The Hall–Kier alpha value is -4.96. The van der Waals surface area contributed by atoms with Crippen molar-refractivity contribution in [3.05, 3.63) is 155 Å². The van der Waals surface area contributed by atoms with E-state index in [1.54, 1.807) is 0 Å². The summed E-state index contributed by atoms with van der Waals surface area (Å²) >= 11 is 0. The molecule has 0 atom stereocenters. The van der Waals surface area contributed by atoms with Crippen LogP contribution < -0.4 is 9.80 Å². The maximum Gasteiger partial charge on any atom is 0.0429 e. The molecular formula is C46H54N4. The second kappa shape index (κ2) is 20.5. The smallest absolute Gasteiger partial charge is 0.0429 e. The minimum atomic E-state index is 0.904. The van der Waals surface area contributed by atoms with Crippen LogP contribution in [0.5, 0.6) is 0 Å². The zero-order valence-electron chi connectivity index (χ0n) is 30.1. The highest BCUT2D eigenvalue weighted by Gasteiger charge is 2.11. The fraction of sp³-hybridized carbons (Fsp3) is 0.304. The van der Waals surface area contributed by atoms with Crippen LogP contribution in [0.4, 0.5) is 11.4 Å². The summed E-state index contributed by atoms with van der Waals surface area (Å²) in [4.78, 5) is 13.4. The van der Waals surface area contributed by atoms with Crippen LogP contribution in [0.15, 0.2) is 122 Å². The fourth-order valence-electron chi connectivity index (χ4n) is 6.25. The molecule has 0 radical (unpaired) electrons. The Morgan fingerprint density at radius 2 is 0.820 bits per heavy atom. The molecule has 0 fully saturated rings. The summed E-state index contributed by atoms with van der Waals surface area (Å²) in [5.74, 6) is 0. The number of unbranched alkanes of at least 4 members (excludes halogenated alkanes) is 6. The number of pyridine rings is 2. The largest absolute Gasteiger partial charge is 0.367 e. The van der Waals surface area contributed by atoms with Crippen molar-refractivity contribution in [1.29, 1.82) is 0 Å². The second-order valence-electron chi connectivity index (χ2n) is 13.2. The molecule has 0 spiro atoms. The lowest BCUT2D eigenvalue weighted by Crippen LogP contribution is -2.25. The van der Waals surface area contributed by atoms with Gasteiger partial charge in [0.15, 0.2) is 0 Å². The molecular weight excluding hydrogens is 609 g/mol. The van der Waals surface area contributed by atoms with E-state index in [2.05, 4.69) is 131 Å². The number of rotatable bonds is 20. The van der Waals surface area contributed by atoms with Crippen molar-refractivity contribution < 1.29 is 0 Å². The second-order valence-corrected chi connectivity index (χ2v) is 13.2. The zero-order chi connectivity index (χ0) is 34.6. The van der Waals surface area contributed by atoms with Gasteiger partial charge in [0.2, 0.25) is 0 Å². The van der Waals surface area contributed by atoms with E-state index < -0.39 is 0 Å². The first-order valence-corrected chi connectivity index (χ1v) is 18.6. The van der Waals surface area contributed by atoms with Gasteiger partial charge in [-0.05, 0) is 94.8 Å². The van der Waals surface area contributed by atoms with Gasteiger partial charge >= 0.3 is 0 Å². The Bertz CT molecular complexity index is 1580. The van der Waals surface area contributed by atoms with Crippen molar-refractivity contribution in [1.82, 2.24) is 9.97 Å². The Balaban J connectivity index is 1.29. The molecule has 0 aliphatic heterocycles. The van der Waals surface area contributed by atoms with Gasteiger partial charge < -0.3 is 9.80 Å². The van der Waals surface area contributed by atoms with E-state index >= 15 is 0 Å². The van der Waals surface area contributed by atoms with E-state index in [4.69, 9.17) is 0 Å². The summed E-state index contributed by atoms with van der Waals surface area (Å²) in [6.07, 6.45) is 26.0. The number of aromatic nitrogens is 2. The minimum absolute atomic E-state index is 0.904. The first kappa shape index (κ1) is 36.3. The average molecular weight is 663 g/mol. The van der Waals surface area contributed by atoms with Crippen molar-refractivity contribution in [2.24, 2.45) is 0 Å². The topological polar surface area (TPSA) is 32.3 Å². The van der Waals surface area contributed by atoms with Gasteiger partial charge in [-0.15, -0.1) is 0 Å². The van der Waals surface area contributed by atoms with Gasteiger partial charge in [0.05, 0.1) is 0 Å². The highest BCUT2D eigenvalue weighted by atomic mass is 15.1. The predicted octanol–water partition coefficient (Wildman–Crippen LogP) is 12.0. The Labute approximate surface area is 301 Å². The van der Waals surface area contributed by atoms with Crippen LogP contribution in [-0.2, 0) is 13.1 Å². The molecule has 4 heteroatoms. The first-order chi connectivity index (χ1) is 24.7. The van der Waals surface area contributed by atoms with Crippen LogP contribution in [0.2, 0.25) is 0 Å². The van der Waals surface area contributed by atoms with Gasteiger partial charge in [-0.3, -0.25) is 9.97 Å². The normalized spacial score (nSPS) is 11.4. The quantitative estimate of drug-likeness (QED) is 0.0776. The SMILES string of the molecule is CCCCCCN(Cc1cccc(CN(CCCCCC)c2ccc(/C=C/c3ccncc3)cc2)c1)c1ccc(/C=C/c2ccncc2)cc1. The van der Waals surface area contributed by atoms with Crippen molar-refractivity contribution >= 4 is 35.7 Å². The summed E-state index contributed by atoms with van der Waals surface area (Å²) in [6, 6.07) is 35.5. The third-order valence-corrected chi connectivity index (χ3v) is 9.17. The molecule has 0 saturated heterocycles. The van der Waals surface area contributed by atoms with Crippen LogP contribution in [0, 0.1) is 0 Å². The molecule has 0 aliphatic carbocycles. The van der Waals surface area contributed by atoms with Gasteiger partial charge in [-0.1, -0.05) is 125 Å². The fourth-order valence-corrected chi connectivity index (χ4v) is 6.25. The summed E-state index contributed by atoms with van der Waals surface area (Å²) in [5.41, 5.74) is 10.0. The molecule has 50 heavy (non-hydrogen) atoms. The maximum absolute atomic E-state index is 4.12. The molecule has 2 aromatic heterocycles. The van der Waals surface area contributed by atoms with Crippen LogP contribution in [0.1, 0.15) is 98.6 Å². The number of benzene rings is 3. The number of hydrogen-bond acceptors (Lipinski definition) is 4. The lowest BCUT2D eigenvalue weighted by molar-refractivity contribution is 0.639. The summed E-state index contributed by atoms with van der Waals surface area (Å²) in [7, 11) is 0. The highest BCUT2D eigenvalue weighted by Crippen LogP contribution is 2.24. The van der Waals surface area contributed by atoms with E-state index in [9.17, 15) is 0 Å². The molecule has 0 bridgehead atoms. The third kappa shape index (κ3) is 12.2. The highest BCUT2D eigenvalue weighted by molar-refractivity contribution is 5.71. The predicted molar refractivity (Wildman–Crippen MR) is 216 cm³/mol. The number of nitrogens with zero attached hydrogens (tertiary/aromatic N) is 4. The lowest BCUT2D eigenvalue weighted by Gasteiger charge is -2.27. The molecule has 5 aromatic rings. The third-order valence-electron chi connectivity index (χ3n) is 9.17. The molecule has 0 saturated carbocycles. The monoisotopic (exact) mass is 662 g/mol. The molecule has 0 N–H and O–H groups in total.